The molecule has 0 aliphatic heterocycles. The largest absolute Gasteiger partial charge is 0.383 e. The van der Waals surface area contributed by atoms with Gasteiger partial charge in [-0.05, 0) is 43.5 Å². The first-order chi connectivity index (χ1) is 7.99. The third-order valence-corrected chi connectivity index (χ3v) is 4.48. The molecule has 0 spiro atoms. The Balaban J connectivity index is 2.42. The fourth-order valence-electron chi connectivity index (χ4n) is 1.83. The molecule has 17 heavy (non-hydrogen) atoms. The van der Waals surface area contributed by atoms with E-state index in [2.05, 4.69) is 6.07 Å². The molecule has 0 aliphatic rings. The number of rotatable bonds is 2. The Bertz CT molecular complexity index is 526. The third kappa shape index (κ3) is 2.54. The van der Waals surface area contributed by atoms with Crippen molar-refractivity contribution in [1.82, 2.24) is 0 Å². The summed E-state index contributed by atoms with van der Waals surface area (Å²) in [5.74, 6) is 0. The van der Waals surface area contributed by atoms with Gasteiger partial charge in [-0.2, -0.15) is 0 Å². The second-order valence-corrected chi connectivity index (χ2v) is 6.05. The third-order valence-electron chi connectivity index (χ3n) is 2.88. The van der Waals surface area contributed by atoms with Gasteiger partial charge in [0.15, 0.2) is 0 Å². The van der Waals surface area contributed by atoms with Crippen molar-refractivity contribution in [2.75, 3.05) is 0 Å². The van der Waals surface area contributed by atoms with Crippen LogP contribution in [-0.4, -0.2) is 5.11 Å². The summed E-state index contributed by atoms with van der Waals surface area (Å²) in [7, 11) is 0. The van der Waals surface area contributed by atoms with Crippen LogP contribution in [0.1, 0.15) is 33.2 Å². The van der Waals surface area contributed by atoms with Crippen molar-refractivity contribution in [3.63, 3.8) is 0 Å². The van der Waals surface area contributed by atoms with E-state index in [1.54, 1.807) is 0 Å². The van der Waals surface area contributed by atoms with Crippen molar-refractivity contribution in [1.29, 1.82) is 0 Å². The van der Waals surface area contributed by atoms with E-state index in [-0.39, 0.29) is 0 Å². The number of aliphatic hydroxyl groups is 1. The van der Waals surface area contributed by atoms with Gasteiger partial charge in [-0.3, -0.25) is 0 Å². The number of hydrogen-bond donors (Lipinski definition) is 1. The maximum Gasteiger partial charge on any atom is 0.114 e. The lowest BCUT2D eigenvalue weighted by molar-refractivity contribution is 0.223. The molecular formula is C14H15ClOS. The number of aryl methyl sites for hydroxylation is 3. The SMILES string of the molecule is Cc1ccc(C)c(C(O)c2cc(C)c(Cl)s2)c1. The second-order valence-electron chi connectivity index (χ2n) is 4.37. The number of halogens is 1. The highest BCUT2D eigenvalue weighted by Crippen LogP contribution is 2.35. The minimum absolute atomic E-state index is 0.578. The van der Waals surface area contributed by atoms with Crippen LogP contribution in [0.5, 0.6) is 0 Å². The normalized spacial score (nSPS) is 12.8. The zero-order valence-corrected chi connectivity index (χ0v) is 11.7. The molecule has 0 fully saturated rings. The van der Waals surface area contributed by atoms with Gasteiger partial charge >= 0.3 is 0 Å². The van der Waals surface area contributed by atoms with Crippen LogP contribution in [0.25, 0.3) is 0 Å². The standard InChI is InChI=1S/C14H15ClOS/c1-8-4-5-9(2)11(6-8)13(16)12-7-10(3)14(15)17-12/h4-7,13,16H,1-3H3. The summed E-state index contributed by atoms with van der Waals surface area (Å²) in [6.45, 7) is 6.00. The monoisotopic (exact) mass is 266 g/mol. The fraction of sp³-hybridized carbons (Fsp3) is 0.286. The minimum atomic E-state index is -0.578. The molecular weight excluding hydrogens is 252 g/mol. The quantitative estimate of drug-likeness (QED) is 0.854. The van der Waals surface area contributed by atoms with Crippen LogP contribution in [0.15, 0.2) is 24.3 Å². The predicted molar refractivity (Wildman–Crippen MR) is 74.0 cm³/mol. The highest BCUT2D eigenvalue weighted by Gasteiger charge is 2.16. The van der Waals surface area contributed by atoms with Crippen molar-refractivity contribution >= 4 is 22.9 Å². The Morgan fingerprint density at radius 1 is 1.12 bits per heavy atom. The van der Waals surface area contributed by atoms with Gasteiger partial charge in [-0.1, -0.05) is 35.4 Å². The lowest BCUT2D eigenvalue weighted by atomic mass is 10.00. The summed E-state index contributed by atoms with van der Waals surface area (Å²) in [5.41, 5.74) is 4.24. The molecule has 1 unspecified atom stereocenters. The molecule has 0 amide bonds. The van der Waals surface area contributed by atoms with Gasteiger partial charge in [0.25, 0.3) is 0 Å². The molecule has 3 heteroatoms. The van der Waals surface area contributed by atoms with Crippen LogP contribution in [-0.2, 0) is 0 Å². The average Bonchev–Trinajstić information content (AvgIpc) is 2.62. The van der Waals surface area contributed by atoms with Crippen molar-refractivity contribution in [2.45, 2.75) is 26.9 Å². The van der Waals surface area contributed by atoms with E-state index in [1.807, 2.05) is 39.0 Å². The first-order valence-electron chi connectivity index (χ1n) is 5.50. The van der Waals surface area contributed by atoms with Crippen LogP contribution in [0.4, 0.5) is 0 Å². The van der Waals surface area contributed by atoms with Crippen LogP contribution in [0.3, 0.4) is 0 Å². The molecule has 0 aliphatic carbocycles. The maximum absolute atomic E-state index is 10.4. The van der Waals surface area contributed by atoms with Gasteiger partial charge in [0.2, 0.25) is 0 Å². The predicted octanol–water partition coefficient (Wildman–Crippen LogP) is 4.41. The highest BCUT2D eigenvalue weighted by molar-refractivity contribution is 7.16. The summed E-state index contributed by atoms with van der Waals surface area (Å²) in [5, 5.41) is 10.4. The van der Waals surface area contributed by atoms with E-state index in [4.69, 9.17) is 11.6 Å². The number of thiophene rings is 1. The van der Waals surface area contributed by atoms with Crippen LogP contribution in [0.2, 0.25) is 4.34 Å². The first kappa shape index (κ1) is 12.6. The summed E-state index contributed by atoms with van der Waals surface area (Å²) < 4.78 is 0.754. The molecule has 2 aromatic rings. The summed E-state index contributed by atoms with van der Waals surface area (Å²) in [6.07, 6.45) is -0.578. The molecule has 0 saturated carbocycles. The van der Waals surface area contributed by atoms with Crippen molar-refractivity contribution < 1.29 is 5.11 Å². The molecule has 1 heterocycles. The van der Waals surface area contributed by atoms with Gasteiger partial charge in [0.05, 0.1) is 4.34 Å². The molecule has 90 valence electrons. The van der Waals surface area contributed by atoms with E-state index < -0.39 is 6.10 Å². The van der Waals surface area contributed by atoms with Gasteiger partial charge in [0, 0.05) is 4.88 Å². The topological polar surface area (TPSA) is 20.2 Å². The van der Waals surface area contributed by atoms with Gasteiger partial charge < -0.3 is 5.11 Å². The summed E-state index contributed by atoms with van der Waals surface area (Å²) in [4.78, 5) is 0.904. The highest BCUT2D eigenvalue weighted by atomic mass is 35.5. The molecule has 0 bridgehead atoms. The Morgan fingerprint density at radius 2 is 1.82 bits per heavy atom. The van der Waals surface area contributed by atoms with E-state index in [0.29, 0.717) is 0 Å². The molecule has 0 radical (unpaired) electrons. The zero-order valence-electron chi connectivity index (χ0n) is 10.1. The van der Waals surface area contributed by atoms with Crippen LogP contribution in [0, 0.1) is 20.8 Å². The molecule has 1 nitrogen and oxygen atoms in total. The van der Waals surface area contributed by atoms with Gasteiger partial charge in [-0.15, -0.1) is 11.3 Å². The Labute approximate surface area is 111 Å². The number of hydrogen-bond acceptors (Lipinski definition) is 2. The molecule has 1 atom stereocenters. The van der Waals surface area contributed by atoms with Crippen molar-refractivity contribution in [3.05, 3.63) is 55.7 Å². The van der Waals surface area contributed by atoms with Crippen molar-refractivity contribution in [2.24, 2.45) is 0 Å². The average molecular weight is 267 g/mol. The lowest BCUT2D eigenvalue weighted by Crippen LogP contribution is -2.00. The summed E-state index contributed by atoms with van der Waals surface area (Å²) >= 11 is 7.49. The lowest BCUT2D eigenvalue weighted by Gasteiger charge is -2.12. The molecule has 1 aromatic heterocycles. The van der Waals surface area contributed by atoms with Crippen LogP contribution < -0.4 is 0 Å². The Hall–Kier alpha value is -0.830. The number of benzene rings is 1. The van der Waals surface area contributed by atoms with Crippen LogP contribution >= 0.6 is 22.9 Å². The second kappa shape index (κ2) is 4.81. The minimum Gasteiger partial charge on any atom is -0.383 e. The van der Waals surface area contributed by atoms with E-state index in [0.717, 1.165) is 31.5 Å². The number of aliphatic hydroxyl groups excluding tert-OH is 1. The molecule has 0 saturated heterocycles. The summed E-state index contributed by atoms with van der Waals surface area (Å²) in [6, 6.07) is 8.08. The van der Waals surface area contributed by atoms with E-state index in [1.165, 1.54) is 11.3 Å². The molecule has 1 N–H and O–H groups in total. The first-order valence-corrected chi connectivity index (χ1v) is 6.69. The van der Waals surface area contributed by atoms with Gasteiger partial charge in [0.1, 0.15) is 6.10 Å². The van der Waals surface area contributed by atoms with E-state index >= 15 is 0 Å². The van der Waals surface area contributed by atoms with Crippen molar-refractivity contribution in [3.8, 4) is 0 Å². The smallest absolute Gasteiger partial charge is 0.114 e. The molecule has 2 rings (SSSR count). The Kier molecular flexibility index (Phi) is 3.57. The van der Waals surface area contributed by atoms with E-state index in [9.17, 15) is 5.11 Å². The molecule has 1 aromatic carbocycles. The maximum atomic E-state index is 10.4. The Morgan fingerprint density at radius 3 is 2.41 bits per heavy atom. The fourth-order valence-corrected chi connectivity index (χ4v) is 3.05. The van der Waals surface area contributed by atoms with Gasteiger partial charge in [-0.25, -0.2) is 0 Å². The zero-order chi connectivity index (χ0) is 12.6.